The smallest absolute Gasteiger partial charge is 0.267 e. The molecular weight excluding hydrogens is 192 g/mol. The van der Waals surface area contributed by atoms with E-state index in [9.17, 15) is 8.42 Å². The molecule has 1 aliphatic heterocycles. The predicted octanol–water partition coefficient (Wildman–Crippen LogP) is -0.0153. The largest absolute Gasteiger partial charge is 0.336 e. The fourth-order valence-electron chi connectivity index (χ4n) is 1.11. The number of nitrogens with zero attached hydrogens (tertiary/aromatic N) is 2. The molecule has 13 heavy (non-hydrogen) atoms. The van der Waals surface area contributed by atoms with Gasteiger partial charge in [0.25, 0.3) is 10.1 Å². The zero-order valence-corrected chi connectivity index (χ0v) is 8.78. The maximum atomic E-state index is 10.9. The van der Waals surface area contributed by atoms with Crippen molar-refractivity contribution < 1.29 is 12.6 Å². The minimum Gasteiger partial charge on any atom is -0.336 e. The van der Waals surface area contributed by atoms with Crippen LogP contribution >= 0.6 is 0 Å². The van der Waals surface area contributed by atoms with Crippen LogP contribution in [0.15, 0.2) is 12.4 Å². The number of rotatable bonds is 3. The molecule has 1 rings (SSSR count). The third kappa shape index (κ3) is 2.60. The first kappa shape index (κ1) is 10.3. The molecule has 1 unspecified atom stereocenters. The van der Waals surface area contributed by atoms with Crippen LogP contribution in [0.4, 0.5) is 0 Å². The summed E-state index contributed by atoms with van der Waals surface area (Å²) in [5.41, 5.74) is 0. The first-order valence-corrected chi connectivity index (χ1v) is 5.80. The van der Waals surface area contributed by atoms with Crippen LogP contribution in [0.1, 0.15) is 6.92 Å². The molecule has 0 amide bonds. The molecular formula is C7H14N2O3S. The molecule has 5 nitrogen and oxygen atoms in total. The summed E-state index contributed by atoms with van der Waals surface area (Å²) in [6, 6.07) is 0. The molecule has 0 aliphatic carbocycles. The molecule has 1 aliphatic rings. The first-order valence-electron chi connectivity index (χ1n) is 3.98. The van der Waals surface area contributed by atoms with Crippen molar-refractivity contribution in [3.63, 3.8) is 0 Å². The van der Waals surface area contributed by atoms with Crippen molar-refractivity contribution in [2.24, 2.45) is 0 Å². The lowest BCUT2D eigenvalue weighted by Crippen LogP contribution is -2.40. The van der Waals surface area contributed by atoms with E-state index in [2.05, 4.69) is 0 Å². The summed E-state index contributed by atoms with van der Waals surface area (Å²) in [4.78, 5) is 3.49. The van der Waals surface area contributed by atoms with Crippen molar-refractivity contribution in [3.05, 3.63) is 12.4 Å². The van der Waals surface area contributed by atoms with Crippen LogP contribution in [0.5, 0.6) is 0 Å². The van der Waals surface area contributed by atoms with E-state index in [1.807, 2.05) is 6.92 Å². The molecule has 6 heteroatoms. The quantitative estimate of drug-likeness (QED) is 0.608. The van der Waals surface area contributed by atoms with Crippen LogP contribution in [0.25, 0.3) is 0 Å². The van der Waals surface area contributed by atoms with E-state index in [1.54, 1.807) is 29.2 Å². The molecule has 0 radical (unpaired) electrons. The van der Waals surface area contributed by atoms with Crippen LogP contribution in [-0.2, 0) is 14.3 Å². The van der Waals surface area contributed by atoms with Gasteiger partial charge in [-0.1, -0.05) is 0 Å². The van der Waals surface area contributed by atoms with Crippen molar-refractivity contribution >= 4 is 10.1 Å². The monoisotopic (exact) mass is 206 g/mol. The summed E-state index contributed by atoms with van der Waals surface area (Å²) in [6.07, 6.45) is 4.10. The Morgan fingerprint density at radius 3 is 2.54 bits per heavy atom. The van der Waals surface area contributed by atoms with Crippen LogP contribution in [0.2, 0.25) is 0 Å². The molecule has 0 spiro atoms. The Morgan fingerprint density at radius 1 is 1.46 bits per heavy atom. The minimum atomic E-state index is -3.41. The van der Waals surface area contributed by atoms with Gasteiger partial charge in [-0.05, 0) is 6.92 Å². The maximum absolute atomic E-state index is 10.9. The van der Waals surface area contributed by atoms with E-state index in [4.69, 9.17) is 4.18 Å². The predicted molar refractivity (Wildman–Crippen MR) is 49.0 cm³/mol. The third-order valence-corrected chi connectivity index (χ3v) is 2.27. The molecule has 1 atom stereocenters. The van der Waals surface area contributed by atoms with Gasteiger partial charge in [-0.25, -0.2) is 4.18 Å². The summed E-state index contributed by atoms with van der Waals surface area (Å²) >= 11 is 0. The van der Waals surface area contributed by atoms with Gasteiger partial charge in [-0.2, -0.15) is 8.42 Å². The average molecular weight is 206 g/mol. The molecule has 0 saturated heterocycles. The van der Waals surface area contributed by atoms with Gasteiger partial charge in [-0.15, -0.1) is 0 Å². The highest BCUT2D eigenvalue weighted by molar-refractivity contribution is 7.86. The summed E-state index contributed by atoms with van der Waals surface area (Å²) in [7, 11) is -1.64. The molecule has 0 bridgehead atoms. The molecule has 0 aromatic rings. The second-order valence-corrected chi connectivity index (χ2v) is 4.52. The van der Waals surface area contributed by atoms with Crippen LogP contribution < -0.4 is 0 Å². The summed E-state index contributed by atoms with van der Waals surface area (Å²) in [5, 5.41) is 0. The second-order valence-electron chi connectivity index (χ2n) is 2.92. The van der Waals surface area contributed by atoms with Crippen molar-refractivity contribution in [1.29, 1.82) is 0 Å². The van der Waals surface area contributed by atoms with Crippen LogP contribution in [0, 0.1) is 0 Å². The van der Waals surface area contributed by atoms with Crippen molar-refractivity contribution in [2.45, 2.75) is 13.3 Å². The Labute approximate surface area is 78.7 Å². The molecule has 1 heterocycles. The van der Waals surface area contributed by atoms with Gasteiger partial charge in [0.1, 0.15) is 0 Å². The van der Waals surface area contributed by atoms with Gasteiger partial charge in [0.2, 0.25) is 6.35 Å². The topological polar surface area (TPSA) is 49.9 Å². The van der Waals surface area contributed by atoms with Gasteiger partial charge in [0, 0.05) is 26.0 Å². The normalized spacial score (nSPS) is 22.8. The highest BCUT2D eigenvalue weighted by Crippen LogP contribution is 2.15. The second kappa shape index (κ2) is 3.55. The SMILES string of the molecule is CCN1C=CN(C)C1OS(C)(=O)=O. The highest BCUT2D eigenvalue weighted by atomic mass is 32.2. The maximum Gasteiger partial charge on any atom is 0.267 e. The Kier molecular flexibility index (Phi) is 2.82. The number of hydrogen-bond acceptors (Lipinski definition) is 5. The third-order valence-electron chi connectivity index (χ3n) is 1.75. The van der Waals surface area contributed by atoms with E-state index >= 15 is 0 Å². The van der Waals surface area contributed by atoms with Crippen molar-refractivity contribution in [1.82, 2.24) is 9.80 Å². The Bertz CT molecular complexity index is 299. The van der Waals surface area contributed by atoms with Crippen molar-refractivity contribution in [3.8, 4) is 0 Å². The molecule has 0 aromatic carbocycles. The van der Waals surface area contributed by atoms with Gasteiger partial charge in [-0.3, -0.25) is 0 Å². The zero-order valence-electron chi connectivity index (χ0n) is 7.97. The first-order chi connectivity index (χ1) is 5.94. The fraction of sp³-hybridized carbons (Fsp3) is 0.714. The van der Waals surface area contributed by atoms with Gasteiger partial charge in [0.15, 0.2) is 0 Å². The standard InChI is InChI=1S/C7H14N2O3S/c1-4-9-6-5-8(2)7(9)12-13(3,10)11/h5-7H,4H2,1-3H3. The van der Waals surface area contributed by atoms with Crippen LogP contribution in [-0.4, -0.2) is 44.4 Å². The lowest BCUT2D eigenvalue weighted by Gasteiger charge is -2.27. The molecule has 0 N–H and O–H groups in total. The fourth-order valence-corrected chi connectivity index (χ4v) is 1.67. The van der Waals surface area contributed by atoms with E-state index in [1.165, 1.54) is 0 Å². The van der Waals surface area contributed by atoms with Crippen LogP contribution in [0.3, 0.4) is 0 Å². The number of hydrogen-bond donors (Lipinski definition) is 0. The van der Waals surface area contributed by atoms with Crippen molar-refractivity contribution in [2.75, 3.05) is 19.8 Å². The molecule has 76 valence electrons. The van der Waals surface area contributed by atoms with Gasteiger partial charge < -0.3 is 9.80 Å². The Hall–Kier alpha value is -0.750. The summed E-state index contributed by atoms with van der Waals surface area (Å²) in [6.45, 7) is 2.64. The molecule has 0 aromatic heterocycles. The summed E-state index contributed by atoms with van der Waals surface area (Å²) < 4.78 is 26.7. The average Bonchev–Trinajstić information content (AvgIpc) is 2.30. The highest BCUT2D eigenvalue weighted by Gasteiger charge is 2.26. The van der Waals surface area contributed by atoms with Gasteiger partial charge >= 0.3 is 0 Å². The molecule has 0 saturated carbocycles. The van der Waals surface area contributed by atoms with E-state index in [-0.39, 0.29) is 0 Å². The minimum absolute atomic E-state index is 0.528. The van der Waals surface area contributed by atoms with E-state index in [0.29, 0.717) is 6.54 Å². The molecule has 0 fully saturated rings. The Balaban J connectivity index is 2.69. The lowest BCUT2D eigenvalue weighted by molar-refractivity contribution is -0.00496. The van der Waals surface area contributed by atoms with E-state index < -0.39 is 16.5 Å². The Morgan fingerprint density at radius 2 is 2.08 bits per heavy atom. The lowest BCUT2D eigenvalue weighted by atomic mass is 10.6. The zero-order chi connectivity index (χ0) is 10.1. The van der Waals surface area contributed by atoms with Gasteiger partial charge in [0.05, 0.1) is 6.26 Å². The summed E-state index contributed by atoms with van der Waals surface area (Å²) in [5.74, 6) is 0. The van der Waals surface area contributed by atoms with E-state index in [0.717, 1.165) is 6.26 Å².